The predicted molar refractivity (Wildman–Crippen MR) is 266 cm³/mol. The lowest BCUT2D eigenvalue weighted by Crippen LogP contribution is -2.01. The minimum Gasteiger partial charge on any atom is -0.208 e. The van der Waals surface area contributed by atoms with E-state index >= 15 is 0 Å². The van der Waals surface area contributed by atoms with E-state index in [0.29, 0.717) is 17.5 Å². The molecule has 0 aliphatic carbocycles. The Morgan fingerprint density at radius 1 is 0.270 bits per heavy atom. The zero-order valence-corrected chi connectivity index (χ0v) is 34.9. The summed E-state index contributed by atoms with van der Waals surface area (Å²) in [7, 11) is 0. The van der Waals surface area contributed by atoms with Crippen molar-refractivity contribution in [2.45, 2.75) is 0 Å². The van der Waals surface area contributed by atoms with Gasteiger partial charge in [0.1, 0.15) is 0 Å². The highest BCUT2D eigenvalue weighted by Gasteiger charge is 2.17. The van der Waals surface area contributed by atoms with Gasteiger partial charge in [0.05, 0.1) is 0 Å². The fraction of sp³-hybridized carbons (Fsp3) is 0. The number of hydrogen-bond acceptors (Lipinski definition) is 4. The van der Waals surface area contributed by atoms with Crippen molar-refractivity contribution in [1.82, 2.24) is 15.0 Å². The van der Waals surface area contributed by atoms with E-state index in [4.69, 9.17) is 15.0 Å². The molecule has 3 nitrogen and oxygen atoms in total. The highest BCUT2D eigenvalue weighted by atomic mass is 32.1. The molecule has 0 radical (unpaired) electrons. The molecule has 0 spiro atoms. The zero-order chi connectivity index (χ0) is 41.7. The number of thiophene rings is 1. The Morgan fingerprint density at radius 3 is 1.62 bits per heavy atom. The molecular formula is C59H37N3S. The van der Waals surface area contributed by atoms with Gasteiger partial charge in [-0.3, -0.25) is 0 Å². The smallest absolute Gasteiger partial charge is 0.164 e. The molecular weight excluding hydrogens is 783 g/mol. The van der Waals surface area contributed by atoms with Gasteiger partial charge in [-0.1, -0.05) is 200 Å². The topological polar surface area (TPSA) is 38.7 Å². The largest absolute Gasteiger partial charge is 0.208 e. The van der Waals surface area contributed by atoms with Crippen LogP contribution in [-0.4, -0.2) is 15.0 Å². The standard InChI is InChI=1S/C59H37N3S/c1-2-13-40(14-3-1)48-20-9-10-23-52(48)59-61-57(60-58(62-59)47-19-12-18-45(35-47)55-37-46-17-6-11-24-54(46)63-55)43-31-27-39(28-32-43)38-25-29-42(30-26-38)56-50-22-8-5-16-44(50)36-53-49-21-7-4-15-41(49)33-34-51(53)56/h1-37H. The van der Waals surface area contributed by atoms with Crippen molar-refractivity contribution in [3.05, 3.63) is 224 Å². The molecule has 0 saturated heterocycles. The molecule has 63 heavy (non-hydrogen) atoms. The summed E-state index contributed by atoms with van der Waals surface area (Å²) in [5.41, 5.74) is 10.9. The molecule has 0 unspecified atom stereocenters. The Morgan fingerprint density at radius 2 is 0.841 bits per heavy atom. The highest BCUT2D eigenvalue weighted by molar-refractivity contribution is 7.22. The third kappa shape index (κ3) is 6.74. The summed E-state index contributed by atoms with van der Waals surface area (Å²) >= 11 is 1.80. The summed E-state index contributed by atoms with van der Waals surface area (Å²) in [6, 6.07) is 80.1. The maximum Gasteiger partial charge on any atom is 0.164 e. The maximum atomic E-state index is 5.20. The summed E-state index contributed by atoms with van der Waals surface area (Å²) in [4.78, 5) is 16.8. The quantitative estimate of drug-likeness (QED) is 0.119. The Labute approximate surface area is 369 Å². The van der Waals surface area contributed by atoms with Crippen LogP contribution in [0.3, 0.4) is 0 Å². The van der Waals surface area contributed by atoms with E-state index in [-0.39, 0.29) is 0 Å². The number of benzene rings is 10. The lowest BCUT2D eigenvalue weighted by Gasteiger charge is -2.14. The summed E-state index contributed by atoms with van der Waals surface area (Å²) in [6.07, 6.45) is 0. The van der Waals surface area contributed by atoms with E-state index < -0.39 is 0 Å². The molecule has 0 aliphatic heterocycles. The molecule has 2 heterocycles. The number of aromatic nitrogens is 3. The fourth-order valence-electron chi connectivity index (χ4n) is 9.01. The van der Waals surface area contributed by atoms with Gasteiger partial charge in [0, 0.05) is 26.3 Å². The van der Waals surface area contributed by atoms with Crippen LogP contribution in [-0.2, 0) is 0 Å². The molecule has 0 aliphatic rings. The normalized spacial score (nSPS) is 11.5. The van der Waals surface area contributed by atoms with Crippen molar-refractivity contribution in [1.29, 1.82) is 0 Å². The van der Waals surface area contributed by atoms with Crippen LogP contribution in [0.25, 0.3) is 120 Å². The zero-order valence-electron chi connectivity index (χ0n) is 34.1. The van der Waals surface area contributed by atoms with Gasteiger partial charge in [0.2, 0.25) is 0 Å². The van der Waals surface area contributed by atoms with Crippen LogP contribution in [0.1, 0.15) is 0 Å². The Kier molecular flexibility index (Phi) is 9.02. The summed E-state index contributed by atoms with van der Waals surface area (Å²) < 4.78 is 1.27. The summed E-state index contributed by atoms with van der Waals surface area (Å²) in [6.45, 7) is 0. The first-order chi connectivity index (χ1) is 31.2. The van der Waals surface area contributed by atoms with E-state index in [9.17, 15) is 0 Å². The molecule has 10 aromatic carbocycles. The van der Waals surface area contributed by atoms with Gasteiger partial charge in [-0.15, -0.1) is 11.3 Å². The van der Waals surface area contributed by atoms with Gasteiger partial charge in [-0.05, 0) is 101 Å². The molecule has 0 bridgehead atoms. The fourth-order valence-corrected chi connectivity index (χ4v) is 10.1. The van der Waals surface area contributed by atoms with Crippen molar-refractivity contribution in [3.63, 3.8) is 0 Å². The first-order valence-electron chi connectivity index (χ1n) is 21.2. The second kappa shape index (κ2) is 15.4. The second-order valence-corrected chi connectivity index (χ2v) is 17.0. The average Bonchev–Trinajstić information content (AvgIpc) is 3.81. The Hall–Kier alpha value is -8.05. The molecule has 12 rings (SSSR count). The van der Waals surface area contributed by atoms with Gasteiger partial charge in [-0.25, -0.2) is 15.0 Å². The number of hydrogen-bond donors (Lipinski definition) is 0. The summed E-state index contributed by atoms with van der Waals surface area (Å²) in [5, 5.41) is 8.81. The minimum absolute atomic E-state index is 0.627. The van der Waals surface area contributed by atoms with Crippen molar-refractivity contribution in [2.75, 3.05) is 0 Å². The van der Waals surface area contributed by atoms with Gasteiger partial charge >= 0.3 is 0 Å². The monoisotopic (exact) mass is 819 g/mol. The predicted octanol–water partition coefficient (Wildman–Crippen LogP) is 16.2. The first-order valence-corrected chi connectivity index (χ1v) is 22.1. The van der Waals surface area contributed by atoms with Crippen molar-refractivity contribution in [2.24, 2.45) is 0 Å². The van der Waals surface area contributed by atoms with E-state index in [0.717, 1.165) is 44.5 Å². The van der Waals surface area contributed by atoms with Crippen LogP contribution >= 0.6 is 11.3 Å². The third-order valence-corrected chi connectivity index (χ3v) is 13.3. The van der Waals surface area contributed by atoms with E-state index in [1.54, 1.807) is 11.3 Å². The van der Waals surface area contributed by atoms with Crippen LogP contribution in [0.2, 0.25) is 0 Å². The van der Waals surface area contributed by atoms with Crippen LogP contribution in [0.5, 0.6) is 0 Å². The molecule has 0 amide bonds. The molecule has 294 valence electrons. The van der Waals surface area contributed by atoms with Gasteiger partial charge in [0.15, 0.2) is 17.5 Å². The molecule has 0 N–H and O–H groups in total. The van der Waals surface area contributed by atoms with Crippen LogP contribution in [0.4, 0.5) is 0 Å². The van der Waals surface area contributed by atoms with Crippen molar-refractivity contribution in [3.8, 4) is 78.0 Å². The Balaban J connectivity index is 0.932. The maximum absolute atomic E-state index is 5.20. The second-order valence-electron chi connectivity index (χ2n) is 16.0. The third-order valence-electron chi connectivity index (χ3n) is 12.1. The van der Waals surface area contributed by atoms with E-state index in [1.807, 2.05) is 6.07 Å². The van der Waals surface area contributed by atoms with Crippen molar-refractivity contribution < 1.29 is 0 Å². The van der Waals surface area contributed by atoms with Gasteiger partial charge in [-0.2, -0.15) is 0 Å². The molecule has 0 atom stereocenters. The number of fused-ring (bicyclic) bond motifs is 5. The van der Waals surface area contributed by atoms with Crippen LogP contribution in [0.15, 0.2) is 224 Å². The van der Waals surface area contributed by atoms with Gasteiger partial charge < -0.3 is 0 Å². The minimum atomic E-state index is 0.627. The van der Waals surface area contributed by atoms with Crippen LogP contribution in [0, 0.1) is 0 Å². The van der Waals surface area contributed by atoms with Gasteiger partial charge in [0.25, 0.3) is 0 Å². The van der Waals surface area contributed by atoms with E-state index in [1.165, 1.54) is 58.4 Å². The Bertz CT molecular complexity index is 3630. The average molecular weight is 820 g/mol. The molecule has 0 fully saturated rings. The first kappa shape index (κ1) is 36.8. The number of rotatable bonds is 7. The highest BCUT2D eigenvalue weighted by Crippen LogP contribution is 2.41. The molecule has 0 saturated carbocycles. The summed E-state index contributed by atoms with van der Waals surface area (Å²) in [5.74, 6) is 1.90. The van der Waals surface area contributed by atoms with E-state index in [2.05, 4.69) is 218 Å². The molecule has 4 heteroatoms. The van der Waals surface area contributed by atoms with Crippen molar-refractivity contribution >= 4 is 53.7 Å². The molecule has 2 aromatic heterocycles. The lowest BCUT2D eigenvalue weighted by atomic mass is 9.89. The SMILES string of the molecule is c1ccc(-c2ccccc2-c2nc(-c3ccc(-c4ccc(-c5c6ccccc6cc6c5ccc5ccccc56)cc4)cc3)nc(-c3cccc(-c4cc5ccccc5s4)c3)n2)cc1. The lowest BCUT2D eigenvalue weighted by molar-refractivity contribution is 1.07. The van der Waals surface area contributed by atoms with Crippen LogP contribution < -0.4 is 0 Å². The molecule has 12 aromatic rings. The number of nitrogens with zero attached hydrogens (tertiary/aromatic N) is 3.